The number of nitrogens with one attached hydrogen (secondary N) is 1. The first-order chi connectivity index (χ1) is 7.38. The fourth-order valence-electron chi connectivity index (χ4n) is 1.65. The first kappa shape index (κ1) is 10.7. The average Bonchev–Trinajstić information content (AvgIpc) is 2.14. The summed E-state index contributed by atoms with van der Waals surface area (Å²) in [6.45, 7) is 1.56. The summed E-state index contributed by atoms with van der Waals surface area (Å²) >= 11 is 0. The van der Waals surface area contributed by atoms with Gasteiger partial charge in [-0.15, -0.1) is 0 Å². The molecule has 0 fully saturated rings. The second-order valence-corrected chi connectivity index (χ2v) is 3.59. The molecular weight excluding hydrogens is 219 g/mol. The van der Waals surface area contributed by atoms with Gasteiger partial charge in [0.05, 0.1) is 5.56 Å². The molecule has 16 heavy (non-hydrogen) atoms. The van der Waals surface area contributed by atoms with Crippen LogP contribution in [-0.2, 0) is 6.18 Å². The molecule has 1 N–H and O–H groups in total. The van der Waals surface area contributed by atoms with Crippen LogP contribution in [0.1, 0.15) is 11.1 Å². The van der Waals surface area contributed by atoms with Crippen molar-refractivity contribution in [3.8, 4) is 0 Å². The number of aromatic nitrogens is 1. The predicted octanol–water partition coefficient (Wildman–Crippen LogP) is 2.86. The third-order valence-electron chi connectivity index (χ3n) is 2.29. The van der Waals surface area contributed by atoms with E-state index in [1.165, 1.54) is 12.1 Å². The van der Waals surface area contributed by atoms with Crippen molar-refractivity contribution in [1.29, 1.82) is 0 Å². The minimum absolute atomic E-state index is 0.0118. The maximum atomic E-state index is 12.7. The van der Waals surface area contributed by atoms with Gasteiger partial charge in [-0.3, -0.25) is 4.79 Å². The molecule has 1 heterocycles. The van der Waals surface area contributed by atoms with Crippen LogP contribution in [0.5, 0.6) is 0 Å². The van der Waals surface area contributed by atoms with Crippen molar-refractivity contribution in [2.45, 2.75) is 13.1 Å². The summed E-state index contributed by atoms with van der Waals surface area (Å²) in [7, 11) is 0. The van der Waals surface area contributed by atoms with Gasteiger partial charge in [-0.05, 0) is 30.7 Å². The third-order valence-corrected chi connectivity index (χ3v) is 2.29. The summed E-state index contributed by atoms with van der Waals surface area (Å²) in [5.74, 6) is 0. The Morgan fingerprint density at radius 1 is 1.19 bits per heavy atom. The van der Waals surface area contributed by atoms with E-state index in [-0.39, 0.29) is 10.9 Å². The molecule has 0 saturated heterocycles. The van der Waals surface area contributed by atoms with Gasteiger partial charge in [-0.25, -0.2) is 0 Å². The highest BCUT2D eigenvalue weighted by Gasteiger charge is 2.32. The molecule has 2 aromatic rings. The van der Waals surface area contributed by atoms with Crippen molar-refractivity contribution in [2.24, 2.45) is 0 Å². The molecule has 0 atom stereocenters. The van der Waals surface area contributed by atoms with Crippen molar-refractivity contribution in [3.05, 3.63) is 45.7 Å². The van der Waals surface area contributed by atoms with E-state index in [9.17, 15) is 18.0 Å². The molecule has 0 aliphatic heterocycles. The van der Waals surface area contributed by atoms with Crippen molar-refractivity contribution in [2.75, 3.05) is 0 Å². The second-order valence-electron chi connectivity index (χ2n) is 3.59. The molecule has 5 heteroatoms. The fraction of sp³-hybridized carbons (Fsp3) is 0.182. The van der Waals surface area contributed by atoms with Gasteiger partial charge in [0.1, 0.15) is 0 Å². The Bertz CT molecular complexity index is 598. The number of halogens is 3. The molecular formula is C11H8F3NO. The van der Waals surface area contributed by atoms with E-state index in [0.29, 0.717) is 5.56 Å². The monoisotopic (exact) mass is 227 g/mol. The Morgan fingerprint density at radius 3 is 2.50 bits per heavy atom. The molecule has 0 aliphatic rings. The topological polar surface area (TPSA) is 32.9 Å². The molecule has 84 valence electrons. The highest BCUT2D eigenvalue weighted by atomic mass is 19.4. The van der Waals surface area contributed by atoms with E-state index in [0.717, 1.165) is 12.1 Å². The van der Waals surface area contributed by atoms with Gasteiger partial charge in [0.15, 0.2) is 0 Å². The summed E-state index contributed by atoms with van der Waals surface area (Å²) in [5.41, 5.74) is -0.466. The number of alkyl halides is 3. The van der Waals surface area contributed by atoms with E-state index in [1.54, 1.807) is 6.92 Å². The highest BCUT2D eigenvalue weighted by molar-refractivity contribution is 5.83. The van der Waals surface area contributed by atoms with Crippen LogP contribution in [0.3, 0.4) is 0 Å². The smallest absolute Gasteiger partial charge is 0.322 e. The molecule has 1 aromatic carbocycles. The molecule has 0 unspecified atom stereocenters. The zero-order chi connectivity index (χ0) is 11.9. The minimum atomic E-state index is -4.41. The number of pyridine rings is 1. The van der Waals surface area contributed by atoms with E-state index >= 15 is 0 Å². The molecule has 0 amide bonds. The largest absolute Gasteiger partial charge is 0.417 e. The Kier molecular flexibility index (Phi) is 2.26. The lowest BCUT2D eigenvalue weighted by molar-refractivity contribution is -0.136. The number of rotatable bonds is 0. The lowest BCUT2D eigenvalue weighted by Crippen LogP contribution is -2.09. The average molecular weight is 227 g/mol. The molecule has 0 spiro atoms. The third kappa shape index (κ3) is 1.80. The number of benzene rings is 1. The van der Waals surface area contributed by atoms with Crippen LogP contribution in [0, 0.1) is 6.92 Å². The van der Waals surface area contributed by atoms with Gasteiger partial charge >= 0.3 is 6.18 Å². The van der Waals surface area contributed by atoms with Crippen LogP contribution in [0.4, 0.5) is 13.2 Å². The number of aromatic amines is 1. The van der Waals surface area contributed by atoms with Gasteiger partial charge < -0.3 is 4.98 Å². The van der Waals surface area contributed by atoms with Crippen LogP contribution in [-0.4, -0.2) is 4.98 Å². The first-order valence-corrected chi connectivity index (χ1v) is 4.59. The fourth-order valence-corrected chi connectivity index (χ4v) is 1.65. The van der Waals surface area contributed by atoms with Crippen LogP contribution in [0.15, 0.2) is 29.1 Å². The zero-order valence-electron chi connectivity index (χ0n) is 8.35. The van der Waals surface area contributed by atoms with Crippen LogP contribution in [0.25, 0.3) is 10.9 Å². The Labute approximate surface area is 88.7 Å². The van der Waals surface area contributed by atoms with Gasteiger partial charge in [-0.1, -0.05) is 0 Å². The van der Waals surface area contributed by atoms with Crippen molar-refractivity contribution in [1.82, 2.24) is 4.98 Å². The lowest BCUT2D eigenvalue weighted by Gasteiger charge is -2.11. The molecule has 2 rings (SSSR count). The molecule has 0 radical (unpaired) electrons. The standard InChI is InChI=1S/C11H8F3NO/c1-6-4-8(11(12,13)14)7-2-3-10(16)15-9(7)5-6/h2-5H,1H3,(H,15,16). The summed E-state index contributed by atoms with van der Waals surface area (Å²) in [6, 6.07) is 4.87. The normalized spacial score (nSPS) is 12.0. The quantitative estimate of drug-likeness (QED) is 0.737. The summed E-state index contributed by atoms with van der Waals surface area (Å²) in [5, 5.41) is 0.0118. The number of H-pyrrole nitrogens is 1. The van der Waals surface area contributed by atoms with Crippen molar-refractivity contribution < 1.29 is 13.2 Å². The van der Waals surface area contributed by atoms with Crippen LogP contribution in [0.2, 0.25) is 0 Å². The summed E-state index contributed by atoms with van der Waals surface area (Å²) in [4.78, 5) is 13.4. The van der Waals surface area contributed by atoms with Gasteiger partial charge in [-0.2, -0.15) is 13.2 Å². The van der Waals surface area contributed by atoms with Gasteiger partial charge in [0.2, 0.25) is 5.56 Å². The van der Waals surface area contributed by atoms with Crippen LogP contribution >= 0.6 is 0 Å². The lowest BCUT2D eigenvalue weighted by atomic mass is 10.0. The van der Waals surface area contributed by atoms with Crippen LogP contribution < -0.4 is 5.56 Å². The molecule has 1 aromatic heterocycles. The SMILES string of the molecule is Cc1cc(C(F)(F)F)c2ccc(=O)[nH]c2c1. The highest BCUT2D eigenvalue weighted by Crippen LogP contribution is 2.34. The Hall–Kier alpha value is -1.78. The molecule has 0 bridgehead atoms. The second kappa shape index (κ2) is 3.37. The van der Waals surface area contributed by atoms with E-state index in [1.807, 2.05) is 0 Å². The number of hydrogen-bond acceptors (Lipinski definition) is 1. The van der Waals surface area contributed by atoms with E-state index in [4.69, 9.17) is 0 Å². The number of aryl methyl sites for hydroxylation is 1. The van der Waals surface area contributed by atoms with E-state index < -0.39 is 17.3 Å². The summed E-state index contributed by atoms with van der Waals surface area (Å²) in [6.07, 6.45) is -4.41. The van der Waals surface area contributed by atoms with Crippen molar-refractivity contribution >= 4 is 10.9 Å². The maximum absolute atomic E-state index is 12.7. The van der Waals surface area contributed by atoms with E-state index in [2.05, 4.69) is 4.98 Å². The molecule has 0 aliphatic carbocycles. The number of hydrogen-bond donors (Lipinski definition) is 1. The zero-order valence-corrected chi connectivity index (χ0v) is 8.35. The first-order valence-electron chi connectivity index (χ1n) is 4.59. The predicted molar refractivity (Wildman–Crippen MR) is 54.3 cm³/mol. The van der Waals surface area contributed by atoms with Gasteiger partial charge in [0, 0.05) is 17.0 Å². The minimum Gasteiger partial charge on any atom is -0.322 e. The Balaban J connectivity index is 2.89. The Morgan fingerprint density at radius 2 is 1.88 bits per heavy atom. The summed E-state index contributed by atoms with van der Waals surface area (Å²) < 4.78 is 38.1. The maximum Gasteiger partial charge on any atom is 0.417 e. The molecule has 2 nitrogen and oxygen atoms in total. The van der Waals surface area contributed by atoms with Crippen molar-refractivity contribution in [3.63, 3.8) is 0 Å². The number of fused-ring (bicyclic) bond motifs is 1. The van der Waals surface area contributed by atoms with Gasteiger partial charge in [0.25, 0.3) is 0 Å². The molecule has 0 saturated carbocycles.